The summed E-state index contributed by atoms with van der Waals surface area (Å²) in [7, 11) is 0. The second kappa shape index (κ2) is 4.45. The Balaban J connectivity index is 2.96. The third kappa shape index (κ3) is 2.61. The van der Waals surface area contributed by atoms with Crippen LogP contribution in [-0.4, -0.2) is 9.81 Å². The first kappa shape index (κ1) is 10.3. The number of hydrogen-bond acceptors (Lipinski definition) is 1. The minimum Gasteiger partial charge on any atom is -0.262 e. The monoisotopic (exact) mass is 267 g/mol. The second-order valence-corrected chi connectivity index (χ2v) is 4.94. The van der Waals surface area contributed by atoms with Crippen LogP contribution in [0.2, 0.25) is 10.0 Å². The average Bonchev–Trinajstić information content (AvgIpc) is 1.97. The summed E-state index contributed by atoms with van der Waals surface area (Å²) in [6.07, 6.45) is 4.04. The number of pyridine rings is 1. The van der Waals surface area contributed by atoms with Gasteiger partial charge in [-0.25, -0.2) is 0 Å². The Bertz CT molecular complexity index is 256. The van der Waals surface area contributed by atoms with E-state index in [4.69, 9.17) is 23.2 Å². The van der Waals surface area contributed by atoms with Gasteiger partial charge in [0.25, 0.3) is 0 Å². The molecule has 0 amide bonds. The first-order valence-corrected chi connectivity index (χ1v) is 5.20. The van der Waals surface area contributed by atoms with Crippen molar-refractivity contribution < 1.29 is 0 Å². The zero-order valence-electron chi connectivity index (χ0n) is 6.52. The summed E-state index contributed by atoms with van der Waals surface area (Å²) in [6, 6.07) is 0. The van der Waals surface area contributed by atoms with E-state index >= 15 is 0 Å². The average molecular weight is 269 g/mol. The van der Waals surface area contributed by atoms with Crippen molar-refractivity contribution in [2.75, 3.05) is 0 Å². The van der Waals surface area contributed by atoms with Crippen molar-refractivity contribution in [1.82, 2.24) is 4.98 Å². The number of hydrogen-bond donors (Lipinski definition) is 0. The van der Waals surface area contributed by atoms with Crippen molar-refractivity contribution in [2.24, 2.45) is 0 Å². The van der Waals surface area contributed by atoms with E-state index in [1.54, 1.807) is 12.4 Å². The lowest BCUT2D eigenvalue weighted by Gasteiger charge is -2.06. The summed E-state index contributed by atoms with van der Waals surface area (Å²) >= 11 is 15.3. The van der Waals surface area contributed by atoms with Crippen molar-refractivity contribution in [3.05, 3.63) is 28.0 Å². The van der Waals surface area contributed by atoms with Gasteiger partial charge in [-0.15, -0.1) is 0 Å². The van der Waals surface area contributed by atoms with Crippen LogP contribution in [0, 0.1) is 0 Å². The molecule has 0 aliphatic heterocycles. The molecule has 0 saturated carbocycles. The van der Waals surface area contributed by atoms with Crippen LogP contribution in [0.1, 0.15) is 12.5 Å². The lowest BCUT2D eigenvalue weighted by molar-refractivity contribution is 0.955. The molecule has 12 heavy (non-hydrogen) atoms. The second-order valence-electron chi connectivity index (χ2n) is 2.57. The van der Waals surface area contributed by atoms with Crippen LogP contribution in [-0.2, 0) is 6.42 Å². The number of aromatic nitrogens is 1. The van der Waals surface area contributed by atoms with Gasteiger partial charge in [-0.1, -0.05) is 46.1 Å². The van der Waals surface area contributed by atoms with Gasteiger partial charge in [-0.05, 0) is 12.0 Å². The van der Waals surface area contributed by atoms with E-state index in [0.29, 0.717) is 14.9 Å². The summed E-state index contributed by atoms with van der Waals surface area (Å²) in [5, 5.41) is 1.27. The molecule has 1 heterocycles. The highest BCUT2D eigenvalue weighted by Crippen LogP contribution is 2.25. The Kier molecular flexibility index (Phi) is 3.81. The molecule has 0 bridgehead atoms. The molecule has 1 aromatic rings. The van der Waals surface area contributed by atoms with E-state index in [0.717, 1.165) is 12.0 Å². The third-order valence-corrected chi connectivity index (χ3v) is 2.41. The first-order chi connectivity index (χ1) is 5.61. The predicted molar refractivity (Wildman–Crippen MR) is 56.4 cm³/mol. The molecule has 4 heteroatoms. The summed E-state index contributed by atoms with van der Waals surface area (Å²) in [4.78, 5) is 4.24. The van der Waals surface area contributed by atoms with Crippen LogP contribution < -0.4 is 0 Å². The molecule has 0 N–H and O–H groups in total. The van der Waals surface area contributed by atoms with Gasteiger partial charge in [0, 0.05) is 17.2 Å². The van der Waals surface area contributed by atoms with Gasteiger partial charge >= 0.3 is 0 Å². The largest absolute Gasteiger partial charge is 0.262 e. The van der Waals surface area contributed by atoms with Crippen molar-refractivity contribution in [1.29, 1.82) is 0 Å². The molecule has 1 unspecified atom stereocenters. The molecule has 1 rings (SSSR count). The minimum atomic E-state index is 0.370. The molecule has 0 spiro atoms. The van der Waals surface area contributed by atoms with Gasteiger partial charge in [0.1, 0.15) is 0 Å². The van der Waals surface area contributed by atoms with Gasteiger partial charge in [-0.3, -0.25) is 4.98 Å². The molecule has 0 aliphatic carbocycles. The molecule has 0 fully saturated rings. The molecule has 1 aromatic heterocycles. The van der Waals surface area contributed by atoms with Crippen LogP contribution in [0.5, 0.6) is 0 Å². The molecule has 0 aromatic carbocycles. The highest BCUT2D eigenvalue weighted by molar-refractivity contribution is 9.09. The fraction of sp³-hybridized carbons (Fsp3) is 0.375. The van der Waals surface area contributed by atoms with Crippen molar-refractivity contribution in [2.45, 2.75) is 18.2 Å². The van der Waals surface area contributed by atoms with E-state index in [9.17, 15) is 0 Å². The predicted octanol–water partition coefficient (Wildman–Crippen LogP) is 3.71. The van der Waals surface area contributed by atoms with E-state index in [1.165, 1.54) is 0 Å². The zero-order valence-corrected chi connectivity index (χ0v) is 9.62. The Labute approximate surface area is 90.2 Å². The Hall–Kier alpha value is 0.210. The van der Waals surface area contributed by atoms with Crippen LogP contribution in [0.25, 0.3) is 0 Å². The maximum absolute atomic E-state index is 5.91. The van der Waals surface area contributed by atoms with E-state index < -0.39 is 0 Å². The summed E-state index contributed by atoms with van der Waals surface area (Å²) in [5.41, 5.74) is 0.956. The molecule has 0 saturated heterocycles. The molecular weight excluding hydrogens is 261 g/mol. The van der Waals surface area contributed by atoms with Crippen molar-refractivity contribution >= 4 is 39.1 Å². The number of nitrogens with zero attached hydrogens (tertiary/aromatic N) is 1. The van der Waals surface area contributed by atoms with E-state index in [2.05, 4.69) is 20.9 Å². The molecule has 1 nitrogen and oxygen atoms in total. The van der Waals surface area contributed by atoms with Crippen LogP contribution in [0.3, 0.4) is 0 Å². The van der Waals surface area contributed by atoms with Crippen molar-refractivity contribution in [3.8, 4) is 0 Å². The fourth-order valence-electron chi connectivity index (χ4n) is 0.914. The van der Waals surface area contributed by atoms with Crippen molar-refractivity contribution in [3.63, 3.8) is 0 Å². The van der Waals surface area contributed by atoms with Gasteiger partial charge in [0.15, 0.2) is 0 Å². The highest BCUT2D eigenvalue weighted by Gasteiger charge is 2.08. The highest BCUT2D eigenvalue weighted by atomic mass is 79.9. The zero-order chi connectivity index (χ0) is 9.14. The molecular formula is C8H8BrCl2N. The smallest absolute Gasteiger partial charge is 0.0636 e. The van der Waals surface area contributed by atoms with Gasteiger partial charge in [0.05, 0.1) is 10.0 Å². The van der Waals surface area contributed by atoms with Gasteiger partial charge in [-0.2, -0.15) is 0 Å². The lowest BCUT2D eigenvalue weighted by atomic mass is 10.1. The van der Waals surface area contributed by atoms with Gasteiger partial charge < -0.3 is 0 Å². The SMILES string of the molecule is CC(Br)Cc1c(Cl)cncc1Cl. The molecule has 0 radical (unpaired) electrons. The Morgan fingerprint density at radius 3 is 2.33 bits per heavy atom. The topological polar surface area (TPSA) is 12.9 Å². The maximum atomic E-state index is 5.91. The summed E-state index contributed by atoms with van der Waals surface area (Å²) < 4.78 is 0. The van der Waals surface area contributed by atoms with E-state index in [-0.39, 0.29) is 0 Å². The summed E-state index contributed by atoms with van der Waals surface area (Å²) in [6.45, 7) is 2.05. The van der Waals surface area contributed by atoms with Crippen LogP contribution >= 0.6 is 39.1 Å². The lowest BCUT2D eigenvalue weighted by Crippen LogP contribution is -1.98. The Morgan fingerprint density at radius 1 is 1.42 bits per heavy atom. The maximum Gasteiger partial charge on any atom is 0.0636 e. The fourth-order valence-corrected chi connectivity index (χ4v) is 1.76. The minimum absolute atomic E-state index is 0.370. The number of alkyl halides is 1. The normalized spacial score (nSPS) is 13.0. The summed E-state index contributed by atoms with van der Waals surface area (Å²) in [5.74, 6) is 0. The van der Waals surface area contributed by atoms with Gasteiger partial charge in [0.2, 0.25) is 0 Å². The molecule has 66 valence electrons. The molecule has 1 atom stereocenters. The van der Waals surface area contributed by atoms with E-state index in [1.807, 2.05) is 6.92 Å². The first-order valence-electron chi connectivity index (χ1n) is 3.53. The quantitative estimate of drug-likeness (QED) is 0.745. The third-order valence-electron chi connectivity index (χ3n) is 1.44. The molecule has 0 aliphatic rings. The number of halogens is 3. The van der Waals surface area contributed by atoms with Crippen LogP contribution in [0.15, 0.2) is 12.4 Å². The Morgan fingerprint density at radius 2 is 1.92 bits per heavy atom. The number of rotatable bonds is 2. The standard InChI is InChI=1S/C8H8BrCl2N/c1-5(9)2-6-7(10)3-12-4-8(6)11/h3-5H,2H2,1H3. The van der Waals surface area contributed by atoms with Crippen LogP contribution in [0.4, 0.5) is 0 Å².